The zero-order chi connectivity index (χ0) is 16.3. The fourth-order valence-electron chi connectivity index (χ4n) is 1.48. The van der Waals surface area contributed by atoms with E-state index in [9.17, 15) is 13.2 Å². The van der Waals surface area contributed by atoms with Crippen molar-refractivity contribution in [3.05, 3.63) is 21.5 Å². The van der Waals surface area contributed by atoms with E-state index in [-0.39, 0.29) is 10.8 Å². The van der Waals surface area contributed by atoms with Crippen LogP contribution in [0.4, 0.5) is 5.13 Å². The molecule has 1 N–H and O–H groups in total. The number of halogens is 1. The van der Waals surface area contributed by atoms with E-state index < -0.39 is 15.9 Å². The summed E-state index contributed by atoms with van der Waals surface area (Å²) in [4.78, 5) is 11.9. The lowest BCUT2D eigenvalue weighted by Gasteiger charge is -2.14. The van der Waals surface area contributed by atoms with E-state index in [0.29, 0.717) is 9.47 Å². The Balaban J connectivity index is 2.01. The van der Waals surface area contributed by atoms with Crippen molar-refractivity contribution in [1.29, 1.82) is 0 Å². The number of nitrogens with one attached hydrogen (secondary N) is 1. The Morgan fingerprint density at radius 2 is 2.09 bits per heavy atom. The molecule has 2 aromatic heterocycles. The summed E-state index contributed by atoms with van der Waals surface area (Å²) in [7, 11) is -2.40. The van der Waals surface area contributed by atoms with Gasteiger partial charge in [-0.25, -0.2) is 8.42 Å². The highest BCUT2D eigenvalue weighted by molar-refractivity contribution is 7.91. The number of nitrogens with zero attached hydrogens (tertiary/aromatic N) is 3. The average molecular weight is 381 g/mol. The lowest BCUT2D eigenvalue weighted by molar-refractivity contribution is -0.116. The molecule has 0 atom stereocenters. The largest absolute Gasteiger partial charge is 0.299 e. The Bertz CT molecular complexity index is 771. The summed E-state index contributed by atoms with van der Waals surface area (Å²) in [5.74, 6) is -0.479. The Labute approximate surface area is 141 Å². The van der Waals surface area contributed by atoms with Gasteiger partial charge in [-0.15, -0.1) is 21.5 Å². The number of carbonyl (C=O) groups is 1. The van der Waals surface area contributed by atoms with Crippen LogP contribution in [-0.4, -0.2) is 42.4 Å². The predicted molar refractivity (Wildman–Crippen MR) is 87.1 cm³/mol. The molecule has 0 spiro atoms. The smallest absolute Gasteiger partial charge is 0.252 e. The molecule has 2 heterocycles. The number of anilines is 1. The second kappa shape index (κ2) is 7.01. The number of carbonyl (C=O) groups excluding carboxylic acids is 1. The van der Waals surface area contributed by atoms with Crippen molar-refractivity contribution in [2.45, 2.75) is 17.6 Å². The van der Waals surface area contributed by atoms with Crippen LogP contribution in [-0.2, 0) is 21.2 Å². The monoisotopic (exact) mass is 380 g/mol. The van der Waals surface area contributed by atoms with Crippen LogP contribution in [0.25, 0.3) is 0 Å². The Kier molecular flexibility index (Phi) is 5.50. The standard InChI is InChI=1S/C11H13ClN4O3S3/c1-3-9-14-15-11(21-9)13-8(17)6-16(2)22(18,19)10-5-4-7(12)20-10/h4-5H,3,6H2,1-2H3,(H,13,15,17). The van der Waals surface area contributed by atoms with Crippen LogP contribution >= 0.6 is 34.3 Å². The highest BCUT2D eigenvalue weighted by Gasteiger charge is 2.25. The number of rotatable bonds is 6. The molecule has 1 amide bonds. The van der Waals surface area contributed by atoms with Crippen LogP contribution in [0.2, 0.25) is 4.34 Å². The maximum absolute atomic E-state index is 12.3. The number of aromatic nitrogens is 2. The fourth-order valence-corrected chi connectivity index (χ4v) is 5.00. The van der Waals surface area contributed by atoms with Crippen molar-refractivity contribution in [3.8, 4) is 0 Å². The number of likely N-dealkylation sites (N-methyl/N-ethyl adjacent to an activating group) is 1. The molecule has 22 heavy (non-hydrogen) atoms. The zero-order valence-electron chi connectivity index (χ0n) is 11.7. The molecule has 0 saturated heterocycles. The van der Waals surface area contributed by atoms with Crippen LogP contribution in [0.15, 0.2) is 16.3 Å². The predicted octanol–water partition coefficient (Wildman–Crippen LogP) is 2.07. The van der Waals surface area contributed by atoms with Crippen molar-refractivity contribution >= 4 is 55.3 Å². The number of sulfonamides is 1. The number of aryl methyl sites for hydroxylation is 1. The third-order valence-electron chi connectivity index (χ3n) is 2.60. The van der Waals surface area contributed by atoms with Crippen molar-refractivity contribution in [1.82, 2.24) is 14.5 Å². The first-order chi connectivity index (χ1) is 10.3. The summed E-state index contributed by atoms with van der Waals surface area (Å²) in [6.45, 7) is 1.61. The summed E-state index contributed by atoms with van der Waals surface area (Å²) >= 11 is 7.94. The minimum Gasteiger partial charge on any atom is -0.299 e. The fraction of sp³-hybridized carbons (Fsp3) is 0.364. The van der Waals surface area contributed by atoms with Crippen LogP contribution in [0.5, 0.6) is 0 Å². The van der Waals surface area contributed by atoms with Gasteiger partial charge in [-0.3, -0.25) is 10.1 Å². The third-order valence-corrected chi connectivity index (χ3v) is 7.08. The summed E-state index contributed by atoms with van der Waals surface area (Å²) in [6.07, 6.45) is 0.723. The number of hydrogen-bond acceptors (Lipinski definition) is 7. The van der Waals surface area contributed by atoms with E-state index in [2.05, 4.69) is 15.5 Å². The van der Waals surface area contributed by atoms with Crippen molar-refractivity contribution in [3.63, 3.8) is 0 Å². The first kappa shape index (κ1) is 17.3. The molecule has 0 fully saturated rings. The Morgan fingerprint density at radius 1 is 1.36 bits per heavy atom. The summed E-state index contributed by atoms with van der Waals surface area (Å²) < 4.78 is 25.9. The molecule has 7 nitrogen and oxygen atoms in total. The van der Waals surface area contributed by atoms with Crippen LogP contribution in [0.1, 0.15) is 11.9 Å². The van der Waals surface area contributed by atoms with Gasteiger partial charge in [0.05, 0.1) is 10.9 Å². The molecule has 0 bridgehead atoms. The summed E-state index contributed by atoms with van der Waals surface area (Å²) in [6, 6.07) is 2.91. The first-order valence-electron chi connectivity index (χ1n) is 6.17. The first-order valence-corrected chi connectivity index (χ1v) is 9.62. The SMILES string of the molecule is CCc1nnc(NC(=O)CN(C)S(=O)(=O)c2ccc(Cl)s2)s1. The molecular weight excluding hydrogens is 368 g/mol. The molecule has 0 aliphatic rings. The average Bonchev–Trinajstić information content (AvgIpc) is 3.07. The number of amides is 1. The molecule has 2 rings (SSSR count). The van der Waals surface area contributed by atoms with Gasteiger partial charge in [-0.05, 0) is 18.6 Å². The third kappa shape index (κ3) is 4.02. The minimum atomic E-state index is -3.73. The number of hydrogen-bond donors (Lipinski definition) is 1. The van der Waals surface area contributed by atoms with E-state index in [1.807, 2.05) is 6.92 Å². The molecule has 0 radical (unpaired) electrons. The van der Waals surface area contributed by atoms with E-state index in [1.165, 1.54) is 30.5 Å². The molecule has 0 aliphatic heterocycles. The van der Waals surface area contributed by atoms with Gasteiger partial charge in [0, 0.05) is 7.05 Å². The molecule has 0 unspecified atom stereocenters. The van der Waals surface area contributed by atoms with E-state index in [4.69, 9.17) is 11.6 Å². The summed E-state index contributed by atoms with van der Waals surface area (Å²) in [5.41, 5.74) is 0. The second-order valence-electron chi connectivity index (χ2n) is 4.22. The van der Waals surface area contributed by atoms with E-state index >= 15 is 0 Å². The Hall–Kier alpha value is -1.07. The van der Waals surface area contributed by atoms with Crippen LogP contribution in [0, 0.1) is 0 Å². The lowest BCUT2D eigenvalue weighted by atomic mass is 10.5. The van der Waals surface area contributed by atoms with Gasteiger partial charge in [-0.1, -0.05) is 29.9 Å². The van der Waals surface area contributed by atoms with Crippen molar-refractivity contribution in [2.24, 2.45) is 0 Å². The van der Waals surface area contributed by atoms with Gasteiger partial charge in [0.15, 0.2) is 0 Å². The van der Waals surface area contributed by atoms with Crippen LogP contribution in [0.3, 0.4) is 0 Å². The van der Waals surface area contributed by atoms with Gasteiger partial charge < -0.3 is 0 Å². The Morgan fingerprint density at radius 3 is 2.64 bits per heavy atom. The maximum Gasteiger partial charge on any atom is 0.252 e. The molecular formula is C11H13ClN4O3S3. The summed E-state index contributed by atoms with van der Waals surface area (Å²) in [5, 5.41) is 11.4. The molecule has 11 heteroatoms. The number of thiophene rings is 1. The van der Waals surface area contributed by atoms with Crippen LogP contribution < -0.4 is 5.32 Å². The van der Waals surface area contributed by atoms with Gasteiger partial charge in [-0.2, -0.15) is 4.31 Å². The van der Waals surface area contributed by atoms with Gasteiger partial charge in [0.2, 0.25) is 11.0 Å². The maximum atomic E-state index is 12.3. The van der Waals surface area contributed by atoms with Gasteiger partial charge in [0.25, 0.3) is 10.0 Å². The van der Waals surface area contributed by atoms with E-state index in [1.54, 1.807) is 0 Å². The highest BCUT2D eigenvalue weighted by Crippen LogP contribution is 2.27. The quantitative estimate of drug-likeness (QED) is 0.828. The van der Waals surface area contributed by atoms with Crippen molar-refractivity contribution in [2.75, 3.05) is 18.9 Å². The van der Waals surface area contributed by atoms with Gasteiger partial charge >= 0.3 is 0 Å². The normalized spacial score (nSPS) is 11.8. The van der Waals surface area contributed by atoms with Gasteiger partial charge in [0.1, 0.15) is 9.22 Å². The molecule has 0 saturated carbocycles. The second-order valence-corrected chi connectivity index (χ2v) is 9.27. The minimum absolute atomic E-state index is 0.0944. The molecule has 120 valence electrons. The molecule has 0 aliphatic carbocycles. The van der Waals surface area contributed by atoms with Crippen molar-refractivity contribution < 1.29 is 13.2 Å². The topological polar surface area (TPSA) is 92.3 Å². The molecule has 2 aromatic rings. The zero-order valence-corrected chi connectivity index (χ0v) is 14.9. The molecule has 0 aromatic carbocycles. The lowest BCUT2D eigenvalue weighted by Crippen LogP contribution is -2.34. The highest BCUT2D eigenvalue weighted by atomic mass is 35.5. The van der Waals surface area contributed by atoms with E-state index in [0.717, 1.165) is 27.1 Å².